The van der Waals surface area contributed by atoms with Crippen molar-refractivity contribution in [2.75, 3.05) is 6.54 Å². The van der Waals surface area contributed by atoms with Crippen LogP contribution in [0.2, 0.25) is 0 Å². The number of phenols is 2. The smallest absolute Gasteiger partial charge is 0.157 e. The van der Waals surface area contributed by atoms with E-state index in [1.165, 1.54) is 12.1 Å². The maximum absolute atomic E-state index is 9.04. The van der Waals surface area contributed by atoms with Gasteiger partial charge in [-0.3, -0.25) is 0 Å². The van der Waals surface area contributed by atoms with Crippen LogP contribution in [-0.4, -0.2) is 36.5 Å². The first-order valence-corrected chi connectivity index (χ1v) is 3.45. The van der Waals surface area contributed by atoms with Crippen molar-refractivity contribution in [1.29, 1.82) is 0 Å². The van der Waals surface area contributed by atoms with Gasteiger partial charge in [0.1, 0.15) is 0 Å². The van der Waals surface area contributed by atoms with Crippen molar-refractivity contribution in [2.45, 2.75) is 6.42 Å². The molecule has 0 aliphatic carbocycles. The predicted molar refractivity (Wildman–Crippen MR) is 48.3 cm³/mol. The Morgan fingerprint density at radius 2 is 1.83 bits per heavy atom. The number of rotatable bonds is 2. The molecule has 0 amide bonds. The van der Waals surface area contributed by atoms with Gasteiger partial charge in [-0.15, -0.1) is 0 Å². The van der Waals surface area contributed by atoms with Gasteiger partial charge in [-0.2, -0.15) is 0 Å². The maximum Gasteiger partial charge on any atom is 0.157 e. The fourth-order valence-electron chi connectivity index (χ4n) is 0.891. The fraction of sp³-hybridized carbons (Fsp3) is 0.250. The first kappa shape index (κ1) is 11.4. The zero-order chi connectivity index (χ0) is 8.27. The number of phenolic OH excluding ortho intramolecular Hbond substituents is 2. The second-order valence-corrected chi connectivity index (χ2v) is 2.36. The molecule has 1 aromatic carbocycles. The molecule has 3 radical (unpaired) electrons. The van der Waals surface area contributed by atoms with Gasteiger partial charge in [-0.05, 0) is 30.7 Å². The molecule has 1 aromatic rings. The Morgan fingerprint density at radius 1 is 1.17 bits per heavy atom. The van der Waals surface area contributed by atoms with Gasteiger partial charge in [0.05, 0.1) is 0 Å². The summed E-state index contributed by atoms with van der Waals surface area (Å²) in [6, 6.07) is 4.71. The van der Waals surface area contributed by atoms with Crippen LogP contribution in [0.1, 0.15) is 5.56 Å². The number of nitrogens with two attached hydrogens (primary N) is 1. The molecule has 0 saturated heterocycles. The maximum atomic E-state index is 9.04. The molecule has 0 bridgehead atoms. The average Bonchev–Trinajstić information content (AvgIpc) is 1.98. The van der Waals surface area contributed by atoms with E-state index in [9.17, 15) is 0 Å². The normalized spacial score (nSPS) is 9.08. The van der Waals surface area contributed by atoms with Gasteiger partial charge in [-0.25, -0.2) is 0 Å². The van der Waals surface area contributed by atoms with E-state index in [1.807, 2.05) is 0 Å². The van der Waals surface area contributed by atoms with E-state index in [1.54, 1.807) is 6.07 Å². The Balaban J connectivity index is 0.00000121. The Hall–Kier alpha value is -0.584. The molecule has 63 valence electrons. The zero-order valence-corrected chi connectivity index (χ0v) is 9.12. The van der Waals surface area contributed by atoms with Crippen LogP contribution < -0.4 is 5.73 Å². The molecule has 4 heteroatoms. The topological polar surface area (TPSA) is 66.5 Å². The van der Waals surface area contributed by atoms with E-state index >= 15 is 0 Å². The molecule has 0 heterocycles. The molecule has 0 saturated carbocycles. The molecule has 0 aliphatic heterocycles. The standard InChI is InChI=1S/C8H11NO2.Ga/c9-4-3-6-1-2-7(10)8(11)5-6;/h1-2,5,10-11H,3-4,9H2;. The molecule has 0 aliphatic rings. The Kier molecular flexibility index (Phi) is 4.88. The van der Waals surface area contributed by atoms with E-state index in [2.05, 4.69) is 0 Å². The van der Waals surface area contributed by atoms with E-state index < -0.39 is 0 Å². The van der Waals surface area contributed by atoms with Crippen LogP contribution in [0.15, 0.2) is 18.2 Å². The molecular weight excluding hydrogens is 212 g/mol. The van der Waals surface area contributed by atoms with Gasteiger partial charge in [0.15, 0.2) is 11.5 Å². The summed E-state index contributed by atoms with van der Waals surface area (Å²) in [4.78, 5) is 0. The molecule has 0 unspecified atom stereocenters. The van der Waals surface area contributed by atoms with Gasteiger partial charge in [0.25, 0.3) is 0 Å². The Bertz CT molecular complexity index is 253. The van der Waals surface area contributed by atoms with Crippen molar-refractivity contribution in [3.05, 3.63) is 23.8 Å². The molecule has 3 nitrogen and oxygen atoms in total. The van der Waals surface area contributed by atoms with Gasteiger partial charge in [0.2, 0.25) is 0 Å². The second-order valence-electron chi connectivity index (χ2n) is 2.36. The van der Waals surface area contributed by atoms with E-state index in [0.717, 1.165) is 5.56 Å². The van der Waals surface area contributed by atoms with Gasteiger partial charge >= 0.3 is 0 Å². The van der Waals surface area contributed by atoms with Gasteiger partial charge < -0.3 is 15.9 Å². The van der Waals surface area contributed by atoms with Crippen molar-refractivity contribution >= 4 is 19.8 Å². The molecule has 0 atom stereocenters. The summed E-state index contributed by atoms with van der Waals surface area (Å²) in [7, 11) is 0. The third-order valence-corrected chi connectivity index (χ3v) is 1.47. The molecular formula is C8H11GaNO2. The van der Waals surface area contributed by atoms with Crippen LogP contribution in [0.25, 0.3) is 0 Å². The molecule has 12 heavy (non-hydrogen) atoms. The molecule has 0 fully saturated rings. The van der Waals surface area contributed by atoms with Crippen LogP contribution in [0, 0.1) is 0 Å². The molecule has 1 rings (SSSR count). The summed E-state index contributed by atoms with van der Waals surface area (Å²) in [5.41, 5.74) is 6.24. The van der Waals surface area contributed by atoms with Crippen molar-refractivity contribution in [1.82, 2.24) is 0 Å². The number of aromatic hydroxyl groups is 2. The summed E-state index contributed by atoms with van der Waals surface area (Å²) >= 11 is 0. The van der Waals surface area contributed by atoms with Crippen molar-refractivity contribution in [2.24, 2.45) is 5.73 Å². The second kappa shape index (κ2) is 5.13. The van der Waals surface area contributed by atoms with E-state index in [4.69, 9.17) is 15.9 Å². The largest absolute Gasteiger partial charge is 0.504 e. The Labute approximate surface area is 84.3 Å². The predicted octanol–water partition coefficient (Wildman–Crippen LogP) is 0.218. The Morgan fingerprint density at radius 3 is 2.33 bits per heavy atom. The minimum Gasteiger partial charge on any atom is -0.504 e. The summed E-state index contributed by atoms with van der Waals surface area (Å²) in [5.74, 6) is -0.179. The van der Waals surface area contributed by atoms with E-state index in [0.29, 0.717) is 13.0 Å². The number of hydrogen-bond donors (Lipinski definition) is 3. The molecule has 4 N–H and O–H groups in total. The first-order chi connectivity index (χ1) is 5.24. The zero-order valence-electron chi connectivity index (χ0n) is 6.70. The van der Waals surface area contributed by atoms with Crippen LogP contribution in [0.5, 0.6) is 11.5 Å². The van der Waals surface area contributed by atoms with Crippen molar-refractivity contribution < 1.29 is 10.2 Å². The van der Waals surface area contributed by atoms with E-state index in [-0.39, 0.29) is 31.3 Å². The summed E-state index contributed by atoms with van der Waals surface area (Å²) in [5, 5.41) is 18.0. The first-order valence-electron chi connectivity index (χ1n) is 3.45. The third kappa shape index (κ3) is 2.81. The van der Waals surface area contributed by atoms with Crippen LogP contribution in [-0.2, 0) is 6.42 Å². The molecule has 0 aromatic heterocycles. The van der Waals surface area contributed by atoms with Crippen LogP contribution in [0.3, 0.4) is 0 Å². The third-order valence-electron chi connectivity index (χ3n) is 1.47. The van der Waals surface area contributed by atoms with Crippen molar-refractivity contribution in [3.8, 4) is 11.5 Å². The monoisotopic (exact) mass is 222 g/mol. The van der Waals surface area contributed by atoms with Crippen molar-refractivity contribution in [3.63, 3.8) is 0 Å². The fourth-order valence-corrected chi connectivity index (χ4v) is 0.891. The number of benzene rings is 1. The quantitative estimate of drug-likeness (QED) is 0.496. The minimum absolute atomic E-state index is 0. The van der Waals surface area contributed by atoms with Gasteiger partial charge in [-0.1, -0.05) is 6.07 Å². The van der Waals surface area contributed by atoms with Crippen LogP contribution in [0.4, 0.5) is 0 Å². The SMILES string of the molecule is NCCc1ccc(O)c(O)c1.[Ga]. The minimum atomic E-state index is -0.0919. The average molecular weight is 223 g/mol. The summed E-state index contributed by atoms with van der Waals surface area (Å²) < 4.78 is 0. The summed E-state index contributed by atoms with van der Waals surface area (Å²) in [6.45, 7) is 0.546. The van der Waals surface area contributed by atoms with Crippen LogP contribution >= 0.6 is 0 Å². The number of hydrogen-bond acceptors (Lipinski definition) is 3. The molecule has 0 spiro atoms. The summed E-state index contributed by atoms with van der Waals surface area (Å²) in [6.07, 6.45) is 0.716. The van der Waals surface area contributed by atoms with Gasteiger partial charge in [0, 0.05) is 19.8 Å².